The number of aryl methyl sites for hydroxylation is 2. The summed E-state index contributed by atoms with van der Waals surface area (Å²) in [5, 5.41) is 10.2. The van der Waals surface area contributed by atoms with Crippen molar-refractivity contribution in [1.82, 2.24) is 4.98 Å². The van der Waals surface area contributed by atoms with E-state index in [9.17, 15) is 0 Å². The van der Waals surface area contributed by atoms with Gasteiger partial charge < -0.3 is 0 Å². The highest BCUT2D eigenvalue weighted by molar-refractivity contribution is 7.11. The van der Waals surface area contributed by atoms with Gasteiger partial charge in [0.25, 0.3) is 0 Å². The van der Waals surface area contributed by atoms with Crippen LogP contribution in [0.2, 0.25) is 0 Å². The quantitative estimate of drug-likeness (QED) is 0.746. The molecule has 14 heavy (non-hydrogen) atoms. The Kier molecular flexibility index (Phi) is 2.32. The lowest BCUT2D eigenvalue weighted by molar-refractivity contribution is 0.214. The number of hydrogen-bond donors (Lipinski definition) is 0. The van der Waals surface area contributed by atoms with Gasteiger partial charge in [-0.25, -0.2) is 4.98 Å². The molecular formula is C11H14N2S. The van der Waals surface area contributed by atoms with E-state index in [0.29, 0.717) is 0 Å². The minimum Gasteiger partial charge on any atom is -0.246 e. The molecule has 0 atom stereocenters. The second-order valence-electron chi connectivity index (χ2n) is 4.17. The summed E-state index contributed by atoms with van der Waals surface area (Å²) in [6.07, 6.45) is 4.18. The molecule has 0 N–H and O–H groups in total. The topological polar surface area (TPSA) is 36.7 Å². The third-order valence-corrected chi connectivity index (χ3v) is 4.18. The summed E-state index contributed by atoms with van der Waals surface area (Å²) in [7, 11) is 0. The second kappa shape index (κ2) is 3.36. The second-order valence-corrected chi connectivity index (χ2v) is 5.46. The Morgan fingerprint density at radius 3 is 2.57 bits per heavy atom. The first-order chi connectivity index (χ1) is 6.65. The molecule has 0 aromatic carbocycles. The van der Waals surface area contributed by atoms with Crippen LogP contribution in [-0.4, -0.2) is 4.98 Å². The van der Waals surface area contributed by atoms with Crippen LogP contribution in [0.3, 0.4) is 0 Å². The molecule has 0 saturated heterocycles. The van der Waals surface area contributed by atoms with Gasteiger partial charge in [-0.2, -0.15) is 5.26 Å². The molecule has 1 aromatic heterocycles. The Bertz CT molecular complexity index is 363. The lowest BCUT2D eigenvalue weighted by Gasteiger charge is -2.34. The highest BCUT2D eigenvalue weighted by Gasteiger charge is 2.38. The van der Waals surface area contributed by atoms with Crippen LogP contribution in [0.15, 0.2) is 0 Å². The number of nitriles is 1. The fraction of sp³-hybridized carbons (Fsp3) is 0.636. The molecule has 0 radical (unpaired) electrons. The van der Waals surface area contributed by atoms with Crippen molar-refractivity contribution in [2.45, 2.75) is 39.5 Å². The van der Waals surface area contributed by atoms with E-state index in [1.54, 1.807) is 11.3 Å². The zero-order chi connectivity index (χ0) is 10.2. The van der Waals surface area contributed by atoms with Crippen molar-refractivity contribution in [1.29, 1.82) is 5.26 Å². The molecule has 0 aliphatic heterocycles. The highest BCUT2D eigenvalue weighted by Crippen LogP contribution is 2.43. The third kappa shape index (κ3) is 1.55. The van der Waals surface area contributed by atoms with Gasteiger partial charge in [0.2, 0.25) is 0 Å². The maximum absolute atomic E-state index is 9.10. The summed E-state index contributed by atoms with van der Waals surface area (Å²) in [6, 6.07) is 2.46. The third-order valence-electron chi connectivity index (χ3n) is 3.11. The first-order valence-electron chi connectivity index (χ1n) is 4.99. The van der Waals surface area contributed by atoms with Crippen LogP contribution in [0.4, 0.5) is 0 Å². The van der Waals surface area contributed by atoms with E-state index >= 15 is 0 Å². The summed E-state index contributed by atoms with van der Waals surface area (Å²) < 4.78 is 0. The van der Waals surface area contributed by atoms with Crippen molar-refractivity contribution < 1.29 is 0 Å². The van der Waals surface area contributed by atoms with Crippen molar-refractivity contribution in [3.63, 3.8) is 0 Å². The SMILES string of the molecule is Cc1nc(CC2(C#N)CCC2)sc1C. The van der Waals surface area contributed by atoms with Crippen molar-refractivity contribution in [3.8, 4) is 6.07 Å². The van der Waals surface area contributed by atoms with Crippen LogP contribution in [0.1, 0.15) is 34.8 Å². The highest BCUT2D eigenvalue weighted by atomic mass is 32.1. The Morgan fingerprint density at radius 2 is 2.21 bits per heavy atom. The number of rotatable bonds is 2. The minimum atomic E-state index is -0.0727. The fourth-order valence-corrected chi connectivity index (χ4v) is 2.91. The maximum Gasteiger partial charge on any atom is 0.0946 e. The Balaban J connectivity index is 2.14. The van der Waals surface area contributed by atoms with Crippen LogP contribution in [0.5, 0.6) is 0 Å². The summed E-state index contributed by atoms with van der Waals surface area (Å²) in [4.78, 5) is 5.78. The van der Waals surface area contributed by atoms with Crippen LogP contribution in [0.25, 0.3) is 0 Å². The molecule has 1 aliphatic carbocycles. The Morgan fingerprint density at radius 1 is 1.50 bits per heavy atom. The van der Waals surface area contributed by atoms with Gasteiger partial charge in [-0.1, -0.05) is 6.42 Å². The van der Waals surface area contributed by atoms with Gasteiger partial charge in [-0.3, -0.25) is 0 Å². The van der Waals surface area contributed by atoms with Crippen LogP contribution in [-0.2, 0) is 6.42 Å². The fourth-order valence-electron chi connectivity index (χ4n) is 1.84. The smallest absolute Gasteiger partial charge is 0.0946 e. The predicted molar refractivity (Wildman–Crippen MR) is 57.2 cm³/mol. The monoisotopic (exact) mass is 206 g/mol. The molecule has 2 nitrogen and oxygen atoms in total. The van der Waals surface area contributed by atoms with E-state index in [1.165, 1.54) is 11.3 Å². The summed E-state index contributed by atoms with van der Waals surface area (Å²) >= 11 is 1.74. The molecule has 1 saturated carbocycles. The van der Waals surface area contributed by atoms with Gasteiger partial charge >= 0.3 is 0 Å². The largest absolute Gasteiger partial charge is 0.246 e. The van der Waals surface area contributed by atoms with E-state index in [1.807, 2.05) is 6.92 Å². The average Bonchev–Trinajstić information content (AvgIpc) is 2.39. The zero-order valence-corrected chi connectivity index (χ0v) is 9.45. The van der Waals surface area contributed by atoms with Crippen molar-refractivity contribution >= 4 is 11.3 Å². The van der Waals surface area contributed by atoms with Crippen LogP contribution in [0, 0.1) is 30.6 Å². The van der Waals surface area contributed by atoms with E-state index < -0.39 is 0 Å². The van der Waals surface area contributed by atoms with Crippen molar-refractivity contribution in [2.75, 3.05) is 0 Å². The standard InChI is InChI=1S/C11H14N2S/c1-8-9(2)14-10(13-8)6-11(7-12)4-3-5-11/h3-6H2,1-2H3. The van der Waals surface area contributed by atoms with E-state index in [4.69, 9.17) is 5.26 Å². The van der Waals surface area contributed by atoms with Gasteiger partial charge in [0.1, 0.15) is 0 Å². The molecule has 3 heteroatoms. The van der Waals surface area contributed by atoms with Gasteiger partial charge in [0, 0.05) is 11.3 Å². The number of nitrogens with zero attached hydrogens (tertiary/aromatic N) is 2. The van der Waals surface area contributed by atoms with Gasteiger partial charge in [-0.15, -0.1) is 11.3 Å². The molecule has 0 bridgehead atoms. The summed E-state index contributed by atoms with van der Waals surface area (Å²) in [6.45, 7) is 4.13. The molecule has 1 heterocycles. The molecule has 74 valence electrons. The van der Waals surface area contributed by atoms with Crippen LogP contribution >= 0.6 is 11.3 Å². The Hall–Kier alpha value is -0.880. The zero-order valence-electron chi connectivity index (χ0n) is 8.63. The first-order valence-corrected chi connectivity index (χ1v) is 5.81. The normalized spacial score (nSPS) is 18.6. The molecule has 0 spiro atoms. The van der Waals surface area contributed by atoms with Crippen molar-refractivity contribution in [2.24, 2.45) is 5.41 Å². The van der Waals surface area contributed by atoms with Gasteiger partial charge in [0.15, 0.2) is 0 Å². The maximum atomic E-state index is 9.10. The van der Waals surface area contributed by atoms with E-state index in [-0.39, 0.29) is 5.41 Å². The summed E-state index contributed by atoms with van der Waals surface area (Å²) in [5.41, 5.74) is 1.05. The van der Waals surface area contributed by atoms with Crippen LogP contribution < -0.4 is 0 Å². The number of hydrogen-bond acceptors (Lipinski definition) is 3. The van der Waals surface area contributed by atoms with Gasteiger partial charge in [-0.05, 0) is 26.7 Å². The molecule has 0 unspecified atom stereocenters. The lowest BCUT2D eigenvalue weighted by Crippen LogP contribution is -2.29. The number of thiazole rings is 1. The predicted octanol–water partition coefficient (Wildman–Crippen LogP) is 3.00. The summed E-state index contributed by atoms with van der Waals surface area (Å²) in [5.74, 6) is 0. The molecule has 1 aromatic rings. The number of aromatic nitrogens is 1. The van der Waals surface area contributed by atoms with E-state index in [0.717, 1.165) is 30.0 Å². The lowest BCUT2D eigenvalue weighted by atomic mass is 9.68. The minimum absolute atomic E-state index is 0.0727. The van der Waals surface area contributed by atoms with E-state index in [2.05, 4.69) is 18.0 Å². The molecule has 0 amide bonds. The first kappa shape index (κ1) is 9.67. The average molecular weight is 206 g/mol. The molecule has 1 fully saturated rings. The van der Waals surface area contributed by atoms with Gasteiger partial charge in [0.05, 0.1) is 22.2 Å². The Labute approximate surface area is 88.6 Å². The molecular weight excluding hydrogens is 192 g/mol. The molecule has 2 rings (SSSR count). The van der Waals surface area contributed by atoms with Crippen molar-refractivity contribution in [3.05, 3.63) is 15.6 Å². The molecule has 1 aliphatic rings.